The summed E-state index contributed by atoms with van der Waals surface area (Å²) < 4.78 is 0. The Balaban J connectivity index is 1.67. The lowest BCUT2D eigenvalue weighted by atomic mass is 9.89. The molecule has 1 aliphatic heterocycles. The molecule has 1 aliphatic rings. The first-order valence-electron chi connectivity index (χ1n) is 12.6. The average molecular weight is 427 g/mol. The molecule has 5 heteroatoms. The molecule has 2 heterocycles. The molecule has 1 fully saturated rings. The second-order valence-electron chi connectivity index (χ2n) is 9.10. The van der Waals surface area contributed by atoms with E-state index in [0.717, 1.165) is 50.0 Å². The molecular weight excluding hydrogens is 384 g/mol. The molecule has 1 aromatic carbocycles. The summed E-state index contributed by atoms with van der Waals surface area (Å²) in [6.45, 7) is 11.9. The van der Waals surface area contributed by atoms with Crippen LogP contribution >= 0.6 is 0 Å². The molecule has 0 unspecified atom stereocenters. The Morgan fingerprint density at radius 2 is 1.74 bits per heavy atom. The molecule has 2 amide bonds. The summed E-state index contributed by atoms with van der Waals surface area (Å²) in [5.41, 5.74) is 3.47. The molecule has 3 rings (SSSR count). The number of fused-ring (bicyclic) bond motifs is 1. The lowest BCUT2D eigenvalue weighted by Crippen LogP contribution is -2.36. The molecule has 0 saturated carbocycles. The van der Waals surface area contributed by atoms with Crippen molar-refractivity contribution in [3.8, 4) is 0 Å². The van der Waals surface area contributed by atoms with E-state index < -0.39 is 0 Å². The third-order valence-corrected chi connectivity index (χ3v) is 6.67. The zero-order chi connectivity index (χ0) is 22.1. The summed E-state index contributed by atoms with van der Waals surface area (Å²) in [5, 5.41) is 4.43. The van der Waals surface area contributed by atoms with Crippen LogP contribution in [-0.4, -0.2) is 53.5 Å². The number of amides is 2. The van der Waals surface area contributed by atoms with Gasteiger partial charge in [0.1, 0.15) is 0 Å². The van der Waals surface area contributed by atoms with Crippen LogP contribution in [0.3, 0.4) is 0 Å². The van der Waals surface area contributed by atoms with Crippen molar-refractivity contribution in [1.29, 1.82) is 0 Å². The molecular formula is C26H42N4O. The highest BCUT2D eigenvalue weighted by molar-refractivity contribution is 5.94. The van der Waals surface area contributed by atoms with Crippen molar-refractivity contribution in [2.24, 2.45) is 0 Å². The molecule has 0 bridgehead atoms. The molecule has 5 nitrogen and oxygen atoms in total. The maximum atomic E-state index is 12.9. The first kappa shape index (κ1) is 23.6. The van der Waals surface area contributed by atoms with E-state index in [-0.39, 0.29) is 6.03 Å². The van der Waals surface area contributed by atoms with Gasteiger partial charge in [0, 0.05) is 35.9 Å². The fourth-order valence-corrected chi connectivity index (χ4v) is 4.62. The predicted molar refractivity (Wildman–Crippen MR) is 132 cm³/mol. The average Bonchev–Trinajstić information content (AvgIpc) is 3.21. The quantitative estimate of drug-likeness (QED) is 0.426. The summed E-state index contributed by atoms with van der Waals surface area (Å²) in [4.78, 5) is 20.9. The minimum atomic E-state index is 0.0302. The van der Waals surface area contributed by atoms with Crippen LogP contribution in [-0.2, 0) is 0 Å². The second kappa shape index (κ2) is 12.1. The van der Waals surface area contributed by atoms with E-state index in [0.29, 0.717) is 5.92 Å². The van der Waals surface area contributed by atoms with E-state index in [4.69, 9.17) is 0 Å². The third kappa shape index (κ3) is 6.49. The smallest absolute Gasteiger partial charge is 0.321 e. The standard InChI is InChI=1S/C26H42N4O/c1-4-7-14-29-17-12-21(13-18-29)24-20-27-25-11-10-22(19-23(24)25)28-26(31)30(15-8-5-2)16-9-6-3/h10-11,19-21,27H,4-9,12-18H2,1-3H3,(H,28,31). The van der Waals surface area contributed by atoms with E-state index in [1.165, 1.54) is 56.3 Å². The number of piperidine rings is 1. The highest BCUT2D eigenvalue weighted by Crippen LogP contribution is 2.34. The van der Waals surface area contributed by atoms with Gasteiger partial charge in [-0.25, -0.2) is 4.79 Å². The van der Waals surface area contributed by atoms with Gasteiger partial charge < -0.3 is 20.1 Å². The van der Waals surface area contributed by atoms with E-state index >= 15 is 0 Å². The highest BCUT2D eigenvalue weighted by atomic mass is 16.2. The van der Waals surface area contributed by atoms with Crippen LogP contribution in [0.5, 0.6) is 0 Å². The lowest BCUT2D eigenvalue weighted by Gasteiger charge is -2.31. The van der Waals surface area contributed by atoms with Crippen molar-refractivity contribution in [3.05, 3.63) is 30.0 Å². The zero-order valence-electron chi connectivity index (χ0n) is 19.9. The molecule has 2 N–H and O–H groups in total. The van der Waals surface area contributed by atoms with E-state index in [2.05, 4.69) is 54.3 Å². The van der Waals surface area contributed by atoms with Gasteiger partial charge in [-0.15, -0.1) is 0 Å². The van der Waals surface area contributed by atoms with Gasteiger partial charge in [0.2, 0.25) is 0 Å². The fourth-order valence-electron chi connectivity index (χ4n) is 4.62. The number of carbonyl (C=O) groups is 1. The maximum absolute atomic E-state index is 12.9. The van der Waals surface area contributed by atoms with Gasteiger partial charge in [0.25, 0.3) is 0 Å². The molecule has 2 aromatic rings. The molecule has 31 heavy (non-hydrogen) atoms. The second-order valence-corrected chi connectivity index (χ2v) is 9.10. The Hall–Kier alpha value is -2.01. The molecule has 0 atom stereocenters. The molecule has 1 aromatic heterocycles. The van der Waals surface area contributed by atoms with Crippen molar-refractivity contribution >= 4 is 22.6 Å². The third-order valence-electron chi connectivity index (χ3n) is 6.67. The topological polar surface area (TPSA) is 51.4 Å². The number of aromatic nitrogens is 1. The van der Waals surface area contributed by atoms with Crippen LogP contribution in [0.15, 0.2) is 24.4 Å². The number of hydrogen-bond acceptors (Lipinski definition) is 2. The van der Waals surface area contributed by atoms with Gasteiger partial charge >= 0.3 is 6.03 Å². The van der Waals surface area contributed by atoms with Crippen LogP contribution in [0.2, 0.25) is 0 Å². The summed E-state index contributed by atoms with van der Waals surface area (Å²) >= 11 is 0. The SMILES string of the molecule is CCCCN1CCC(c2c[nH]c3ccc(NC(=O)N(CCCC)CCCC)cc23)CC1. The highest BCUT2D eigenvalue weighted by Gasteiger charge is 2.23. The minimum Gasteiger partial charge on any atom is -0.361 e. The van der Waals surface area contributed by atoms with Gasteiger partial charge in [-0.3, -0.25) is 0 Å². The number of likely N-dealkylation sites (tertiary alicyclic amines) is 1. The zero-order valence-corrected chi connectivity index (χ0v) is 19.9. The number of carbonyl (C=O) groups excluding carboxylic acids is 1. The minimum absolute atomic E-state index is 0.0302. The first-order chi connectivity index (χ1) is 15.2. The van der Waals surface area contributed by atoms with E-state index in [1.54, 1.807) is 0 Å². The molecule has 0 radical (unpaired) electrons. The Bertz CT molecular complexity index is 799. The summed E-state index contributed by atoms with van der Waals surface area (Å²) in [5.74, 6) is 0.600. The van der Waals surface area contributed by atoms with Crippen molar-refractivity contribution in [3.63, 3.8) is 0 Å². The number of hydrogen-bond donors (Lipinski definition) is 2. The Morgan fingerprint density at radius 1 is 1.06 bits per heavy atom. The van der Waals surface area contributed by atoms with Gasteiger partial charge in [-0.2, -0.15) is 0 Å². The van der Waals surface area contributed by atoms with E-state index in [1.807, 2.05) is 11.0 Å². The van der Waals surface area contributed by atoms with Gasteiger partial charge in [0.05, 0.1) is 0 Å². The van der Waals surface area contributed by atoms with Gasteiger partial charge in [-0.1, -0.05) is 40.0 Å². The first-order valence-corrected chi connectivity index (χ1v) is 12.6. The van der Waals surface area contributed by atoms with Crippen LogP contribution in [0.25, 0.3) is 10.9 Å². The molecule has 1 saturated heterocycles. The number of unbranched alkanes of at least 4 members (excludes halogenated alkanes) is 3. The summed E-state index contributed by atoms with van der Waals surface area (Å²) in [6.07, 6.45) is 11.5. The number of nitrogens with zero attached hydrogens (tertiary/aromatic N) is 2. The van der Waals surface area contributed by atoms with Gasteiger partial charge in [-0.05, 0) is 81.4 Å². The van der Waals surface area contributed by atoms with Crippen molar-refractivity contribution in [2.45, 2.75) is 78.1 Å². The Morgan fingerprint density at radius 3 is 2.39 bits per heavy atom. The molecule has 0 spiro atoms. The fraction of sp³-hybridized carbons (Fsp3) is 0.654. The van der Waals surface area contributed by atoms with Crippen LogP contribution in [0.4, 0.5) is 10.5 Å². The lowest BCUT2D eigenvalue weighted by molar-refractivity contribution is 0.210. The largest absolute Gasteiger partial charge is 0.361 e. The number of H-pyrrole nitrogens is 1. The number of nitrogens with one attached hydrogen (secondary N) is 2. The number of anilines is 1. The Labute approximate surface area is 188 Å². The van der Waals surface area contributed by atoms with Crippen molar-refractivity contribution in [1.82, 2.24) is 14.8 Å². The van der Waals surface area contributed by atoms with Crippen LogP contribution in [0, 0.1) is 0 Å². The van der Waals surface area contributed by atoms with E-state index in [9.17, 15) is 4.79 Å². The number of urea groups is 1. The van der Waals surface area contributed by atoms with Crippen molar-refractivity contribution < 1.29 is 4.79 Å². The van der Waals surface area contributed by atoms with Crippen LogP contribution in [0.1, 0.15) is 83.6 Å². The monoisotopic (exact) mass is 426 g/mol. The van der Waals surface area contributed by atoms with Crippen LogP contribution < -0.4 is 5.32 Å². The number of benzene rings is 1. The Kier molecular flexibility index (Phi) is 9.26. The maximum Gasteiger partial charge on any atom is 0.321 e. The number of rotatable bonds is 11. The molecule has 172 valence electrons. The van der Waals surface area contributed by atoms with Gasteiger partial charge in [0.15, 0.2) is 0 Å². The summed E-state index contributed by atoms with van der Waals surface area (Å²) in [6, 6.07) is 6.32. The summed E-state index contributed by atoms with van der Waals surface area (Å²) in [7, 11) is 0. The number of aromatic amines is 1. The molecule has 0 aliphatic carbocycles. The van der Waals surface area contributed by atoms with Crippen molar-refractivity contribution in [2.75, 3.05) is 38.0 Å². The predicted octanol–water partition coefficient (Wildman–Crippen LogP) is 6.58. The normalized spacial score (nSPS) is 15.5.